The molecule has 0 aliphatic carbocycles. The van der Waals surface area contributed by atoms with Crippen molar-refractivity contribution in [1.82, 2.24) is 20.4 Å². The largest absolute Gasteiger partial charge is 0.350 e. The Hall–Kier alpha value is -1.36. The van der Waals surface area contributed by atoms with Crippen molar-refractivity contribution in [2.24, 2.45) is 0 Å². The second kappa shape index (κ2) is 6.39. The first kappa shape index (κ1) is 15.0. The molecular formula is C15H26N4O. The van der Waals surface area contributed by atoms with Gasteiger partial charge in [-0.3, -0.25) is 14.8 Å². The topological polar surface area (TPSA) is 61.0 Å². The van der Waals surface area contributed by atoms with Crippen molar-refractivity contribution in [3.05, 3.63) is 18.0 Å². The third kappa shape index (κ3) is 4.07. The van der Waals surface area contributed by atoms with Crippen molar-refractivity contribution in [2.45, 2.75) is 51.5 Å². The zero-order chi connectivity index (χ0) is 14.6. The first-order valence-corrected chi connectivity index (χ1v) is 7.53. The number of aromatic nitrogens is 2. The van der Waals surface area contributed by atoms with Crippen LogP contribution in [-0.4, -0.2) is 46.2 Å². The molecule has 1 aliphatic rings. The lowest BCUT2D eigenvalue weighted by molar-refractivity contribution is -0.124. The molecule has 1 saturated heterocycles. The minimum absolute atomic E-state index is 0.106. The first-order chi connectivity index (χ1) is 9.50. The van der Waals surface area contributed by atoms with Crippen LogP contribution in [0.25, 0.3) is 0 Å². The number of rotatable bonds is 5. The Labute approximate surface area is 121 Å². The molecule has 0 spiro atoms. The molecule has 1 amide bonds. The Morgan fingerprint density at radius 3 is 2.75 bits per heavy atom. The molecule has 1 aliphatic heterocycles. The lowest BCUT2D eigenvalue weighted by Gasteiger charge is -2.32. The summed E-state index contributed by atoms with van der Waals surface area (Å²) >= 11 is 0. The molecule has 0 aromatic carbocycles. The van der Waals surface area contributed by atoms with E-state index in [1.807, 2.05) is 6.20 Å². The second-order valence-electron chi connectivity index (χ2n) is 6.35. The van der Waals surface area contributed by atoms with Crippen LogP contribution in [0.3, 0.4) is 0 Å². The molecule has 5 nitrogen and oxygen atoms in total. The van der Waals surface area contributed by atoms with E-state index < -0.39 is 0 Å². The molecule has 20 heavy (non-hydrogen) atoms. The van der Waals surface area contributed by atoms with E-state index in [2.05, 4.69) is 47.3 Å². The zero-order valence-electron chi connectivity index (χ0n) is 12.8. The lowest BCUT2D eigenvalue weighted by Crippen LogP contribution is -2.48. The van der Waals surface area contributed by atoms with Crippen molar-refractivity contribution in [2.75, 3.05) is 19.6 Å². The minimum Gasteiger partial charge on any atom is -0.350 e. The van der Waals surface area contributed by atoms with Gasteiger partial charge in [-0.05, 0) is 52.3 Å². The maximum Gasteiger partial charge on any atom is 0.234 e. The fourth-order valence-corrected chi connectivity index (χ4v) is 2.60. The van der Waals surface area contributed by atoms with Crippen molar-refractivity contribution >= 4 is 5.91 Å². The molecule has 1 fully saturated rings. The van der Waals surface area contributed by atoms with E-state index >= 15 is 0 Å². The second-order valence-corrected chi connectivity index (χ2v) is 6.35. The van der Waals surface area contributed by atoms with Crippen LogP contribution in [0.5, 0.6) is 0 Å². The zero-order valence-corrected chi connectivity index (χ0v) is 12.8. The summed E-state index contributed by atoms with van der Waals surface area (Å²) in [6.07, 6.45) is 4.93. The van der Waals surface area contributed by atoms with E-state index in [4.69, 9.17) is 0 Å². The predicted octanol–water partition coefficient (Wildman–Crippen LogP) is 1.89. The van der Waals surface area contributed by atoms with Crippen molar-refractivity contribution in [1.29, 1.82) is 0 Å². The minimum atomic E-state index is -0.106. The molecule has 112 valence electrons. The number of piperidine rings is 1. The maximum atomic E-state index is 12.0. The summed E-state index contributed by atoms with van der Waals surface area (Å²) in [6.45, 7) is 8.69. The van der Waals surface area contributed by atoms with E-state index in [9.17, 15) is 4.79 Å². The van der Waals surface area contributed by atoms with Crippen molar-refractivity contribution in [3.8, 4) is 0 Å². The smallest absolute Gasteiger partial charge is 0.234 e. The Balaban J connectivity index is 1.76. The summed E-state index contributed by atoms with van der Waals surface area (Å²) in [7, 11) is 0. The van der Waals surface area contributed by atoms with Gasteiger partial charge in [0.2, 0.25) is 5.91 Å². The summed E-state index contributed by atoms with van der Waals surface area (Å²) in [5.74, 6) is 0.695. The molecule has 0 radical (unpaired) electrons. The van der Waals surface area contributed by atoms with Crippen molar-refractivity contribution < 1.29 is 4.79 Å². The molecule has 1 aromatic rings. The molecule has 5 heteroatoms. The highest BCUT2D eigenvalue weighted by molar-refractivity contribution is 5.78. The number of nitrogens with one attached hydrogen (secondary N) is 2. The molecule has 1 aromatic heterocycles. The van der Waals surface area contributed by atoms with Gasteiger partial charge in [0.25, 0.3) is 0 Å². The highest BCUT2D eigenvalue weighted by Gasteiger charge is 2.24. The van der Waals surface area contributed by atoms with Crippen LogP contribution < -0.4 is 5.32 Å². The average Bonchev–Trinajstić information content (AvgIpc) is 2.93. The quantitative estimate of drug-likeness (QED) is 0.864. The molecule has 0 bridgehead atoms. The fourth-order valence-electron chi connectivity index (χ4n) is 2.60. The van der Waals surface area contributed by atoms with E-state index in [-0.39, 0.29) is 11.4 Å². The molecule has 2 heterocycles. The van der Waals surface area contributed by atoms with Gasteiger partial charge < -0.3 is 5.32 Å². The van der Waals surface area contributed by atoms with Crippen LogP contribution in [0.2, 0.25) is 0 Å². The Kier molecular flexibility index (Phi) is 4.81. The summed E-state index contributed by atoms with van der Waals surface area (Å²) < 4.78 is 0. The van der Waals surface area contributed by atoms with Gasteiger partial charge in [0.05, 0.1) is 6.54 Å². The fraction of sp³-hybridized carbons (Fsp3) is 0.733. The number of carbonyl (C=O) groups excluding carboxylic acids is 1. The standard InChI is InChI=1S/C15H26N4O/c1-4-15(2,3)17-14(20)11-19-9-6-12(7-10-19)13-5-8-16-18-13/h5,8,12H,4,6-7,9-11H2,1-3H3,(H,16,18)(H,17,20). The van der Waals surface area contributed by atoms with Gasteiger partial charge in [-0.1, -0.05) is 6.92 Å². The molecule has 2 rings (SSSR count). The lowest BCUT2D eigenvalue weighted by atomic mass is 9.93. The number of H-pyrrole nitrogens is 1. The van der Waals surface area contributed by atoms with E-state index in [1.165, 1.54) is 5.69 Å². The van der Waals surface area contributed by atoms with Gasteiger partial charge in [0.15, 0.2) is 0 Å². The highest BCUT2D eigenvalue weighted by Crippen LogP contribution is 2.25. The third-order valence-corrected chi connectivity index (χ3v) is 4.28. The van der Waals surface area contributed by atoms with Gasteiger partial charge in [0, 0.05) is 23.3 Å². The van der Waals surface area contributed by atoms with Gasteiger partial charge in [-0.2, -0.15) is 5.10 Å². The monoisotopic (exact) mass is 278 g/mol. The number of hydrogen-bond donors (Lipinski definition) is 2. The number of aromatic amines is 1. The van der Waals surface area contributed by atoms with Gasteiger partial charge in [-0.15, -0.1) is 0 Å². The molecule has 0 saturated carbocycles. The number of hydrogen-bond acceptors (Lipinski definition) is 3. The average molecular weight is 278 g/mol. The van der Waals surface area contributed by atoms with Crippen LogP contribution in [0.4, 0.5) is 0 Å². The van der Waals surface area contributed by atoms with Crippen LogP contribution in [0.15, 0.2) is 12.3 Å². The number of amides is 1. The molecule has 0 atom stereocenters. The van der Waals surface area contributed by atoms with Gasteiger partial charge in [0.1, 0.15) is 0 Å². The van der Waals surface area contributed by atoms with E-state index in [0.717, 1.165) is 32.4 Å². The summed E-state index contributed by atoms with van der Waals surface area (Å²) in [4.78, 5) is 14.3. The Morgan fingerprint density at radius 2 is 2.20 bits per heavy atom. The van der Waals surface area contributed by atoms with Gasteiger partial charge >= 0.3 is 0 Å². The van der Waals surface area contributed by atoms with Crippen LogP contribution in [0, 0.1) is 0 Å². The van der Waals surface area contributed by atoms with Gasteiger partial charge in [-0.25, -0.2) is 0 Å². The van der Waals surface area contributed by atoms with E-state index in [1.54, 1.807) is 0 Å². The first-order valence-electron chi connectivity index (χ1n) is 7.53. The summed E-state index contributed by atoms with van der Waals surface area (Å²) in [5, 5.41) is 10.2. The normalized spacial score (nSPS) is 18.1. The Bertz CT molecular complexity index is 419. The third-order valence-electron chi connectivity index (χ3n) is 4.28. The highest BCUT2D eigenvalue weighted by atomic mass is 16.2. The predicted molar refractivity (Wildman–Crippen MR) is 79.5 cm³/mol. The van der Waals surface area contributed by atoms with Crippen molar-refractivity contribution in [3.63, 3.8) is 0 Å². The summed E-state index contributed by atoms with van der Waals surface area (Å²) in [6, 6.07) is 2.05. The molecule has 0 unspecified atom stereocenters. The van der Waals surface area contributed by atoms with Crippen LogP contribution in [0.1, 0.15) is 51.6 Å². The number of nitrogens with zero attached hydrogens (tertiary/aromatic N) is 2. The molecule has 2 N–H and O–H groups in total. The number of likely N-dealkylation sites (tertiary alicyclic amines) is 1. The molecular weight excluding hydrogens is 252 g/mol. The SMILES string of the molecule is CCC(C)(C)NC(=O)CN1CCC(c2ccn[nH]2)CC1. The van der Waals surface area contributed by atoms with Crippen LogP contribution in [-0.2, 0) is 4.79 Å². The number of carbonyl (C=O) groups is 1. The maximum absolute atomic E-state index is 12.0. The Morgan fingerprint density at radius 1 is 1.50 bits per heavy atom. The van der Waals surface area contributed by atoms with E-state index in [0.29, 0.717) is 12.5 Å². The summed E-state index contributed by atoms with van der Waals surface area (Å²) in [5.41, 5.74) is 1.12. The van der Waals surface area contributed by atoms with Crippen LogP contribution >= 0.6 is 0 Å².